The van der Waals surface area contributed by atoms with E-state index in [1.807, 2.05) is 45.9 Å². The zero-order valence-electron chi connectivity index (χ0n) is 19.8. The molecule has 1 aliphatic rings. The minimum absolute atomic E-state index is 0.00411. The summed E-state index contributed by atoms with van der Waals surface area (Å²) in [5.74, 6) is -1.70. The first-order valence-corrected chi connectivity index (χ1v) is 12.0. The van der Waals surface area contributed by atoms with Gasteiger partial charge in [-0.3, -0.25) is 14.5 Å². The lowest BCUT2D eigenvalue weighted by molar-refractivity contribution is -0.132. The molecule has 1 fully saturated rings. The zero-order chi connectivity index (χ0) is 25.0. The van der Waals surface area contributed by atoms with Crippen LogP contribution in [0.5, 0.6) is 5.75 Å². The molecule has 4 aromatic rings. The number of thiazole rings is 1. The van der Waals surface area contributed by atoms with Crippen molar-refractivity contribution < 1.29 is 19.8 Å². The fourth-order valence-corrected chi connectivity index (χ4v) is 5.39. The Morgan fingerprint density at radius 1 is 0.886 bits per heavy atom. The number of amides is 1. The van der Waals surface area contributed by atoms with E-state index < -0.39 is 17.7 Å². The molecule has 1 amide bonds. The number of aryl methyl sites for hydroxylation is 4. The quantitative estimate of drug-likeness (QED) is 0.216. The van der Waals surface area contributed by atoms with Gasteiger partial charge in [0.05, 0.1) is 21.8 Å². The molecular weight excluding hydrogens is 460 g/mol. The Balaban J connectivity index is 1.74. The average Bonchev–Trinajstić information content (AvgIpc) is 3.33. The maximum Gasteiger partial charge on any atom is 0.301 e. The minimum Gasteiger partial charge on any atom is -0.508 e. The molecule has 7 heteroatoms. The van der Waals surface area contributed by atoms with Crippen molar-refractivity contribution in [2.75, 3.05) is 4.90 Å². The number of fused-ring (bicyclic) bond motifs is 1. The third-order valence-corrected chi connectivity index (χ3v) is 7.65. The van der Waals surface area contributed by atoms with Crippen LogP contribution in [-0.4, -0.2) is 26.9 Å². The molecule has 3 aromatic carbocycles. The Labute approximate surface area is 206 Å². The number of anilines is 1. The molecule has 0 radical (unpaired) electrons. The molecule has 2 N–H and O–H groups in total. The Kier molecular flexibility index (Phi) is 5.44. The van der Waals surface area contributed by atoms with Crippen LogP contribution < -0.4 is 4.90 Å². The predicted molar refractivity (Wildman–Crippen MR) is 138 cm³/mol. The van der Waals surface area contributed by atoms with Gasteiger partial charge in [-0.15, -0.1) is 0 Å². The first-order chi connectivity index (χ1) is 16.7. The summed E-state index contributed by atoms with van der Waals surface area (Å²) in [5.41, 5.74) is 5.99. The standard InChI is InChI=1S/C28H24N2O4S/c1-14-5-6-19(11-15(14)2)25(32)23-24(18-7-9-20(31)10-8-18)30(27(34)26(23)33)28-29-21-12-16(3)17(4)13-22(21)35-28/h5-13,24,31-32H,1-4H3/b25-23+. The first kappa shape index (κ1) is 22.8. The second-order valence-electron chi connectivity index (χ2n) is 8.96. The number of carbonyl (C=O) groups excluding carboxylic acids is 2. The van der Waals surface area contributed by atoms with E-state index in [0.717, 1.165) is 32.5 Å². The maximum absolute atomic E-state index is 13.4. The van der Waals surface area contributed by atoms with E-state index in [-0.39, 0.29) is 17.1 Å². The van der Waals surface area contributed by atoms with Crippen molar-refractivity contribution >= 4 is 44.1 Å². The van der Waals surface area contributed by atoms with Crippen LogP contribution in [0.25, 0.3) is 16.0 Å². The first-order valence-electron chi connectivity index (χ1n) is 11.2. The smallest absolute Gasteiger partial charge is 0.301 e. The van der Waals surface area contributed by atoms with Crippen molar-refractivity contribution in [3.05, 3.63) is 93.6 Å². The number of aromatic nitrogens is 1. The Bertz CT molecular complexity index is 1510. The van der Waals surface area contributed by atoms with Gasteiger partial charge < -0.3 is 10.2 Å². The highest BCUT2D eigenvalue weighted by atomic mass is 32.1. The number of carbonyl (C=O) groups is 2. The number of hydrogen-bond acceptors (Lipinski definition) is 6. The summed E-state index contributed by atoms with van der Waals surface area (Å²) in [5, 5.41) is 21.5. The number of phenols is 1. The van der Waals surface area contributed by atoms with Crippen LogP contribution in [0.2, 0.25) is 0 Å². The lowest BCUT2D eigenvalue weighted by atomic mass is 9.94. The van der Waals surface area contributed by atoms with Crippen molar-refractivity contribution in [1.82, 2.24) is 4.98 Å². The molecule has 176 valence electrons. The summed E-state index contributed by atoms with van der Waals surface area (Å²) in [6, 6.07) is 14.8. The molecule has 5 rings (SSSR count). The highest BCUT2D eigenvalue weighted by molar-refractivity contribution is 7.22. The predicted octanol–water partition coefficient (Wildman–Crippen LogP) is 5.86. The molecule has 6 nitrogen and oxygen atoms in total. The number of benzene rings is 3. The molecular formula is C28H24N2O4S. The second kappa shape index (κ2) is 8.36. The van der Waals surface area contributed by atoms with Gasteiger partial charge in [-0.05, 0) is 85.8 Å². The molecule has 0 bridgehead atoms. The molecule has 35 heavy (non-hydrogen) atoms. The van der Waals surface area contributed by atoms with Gasteiger partial charge in [-0.1, -0.05) is 35.6 Å². The Morgan fingerprint density at radius 3 is 2.23 bits per heavy atom. The van der Waals surface area contributed by atoms with Crippen LogP contribution in [0.4, 0.5) is 5.13 Å². The van der Waals surface area contributed by atoms with Crippen molar-refractivity contribution in [3.63, 3.8) is 0 Å². The normalized spacial score (nSPS) is 17.5. The van der Waals surface area contributed by atoms with Crippen molar-refractivity contribution in [2.24, 2.45) is 0 Å². The van der Waals surface area contributed by atoms with E-state index in [1.165, 1.54) is 28.4 Å². The van der Waals surface area contributed by atoms with Crippen LogP contribution >= 0.6 is 11.3 Å². The lowest BCUT2D eigenvalue weighted by Crippen LogP contribution is -2.29. The van der Waals surface area contributed by atoms with Crippen LogP contribution in [0.15, 0.2) is 60.2 Å². The number of rotatable bonds is 3. The third-order valence-electron chi connectivity index (χ3n) is 6.63. The number of hydrogen-bond donors (Lipinski definition) is 2. The van der Waals surface area contributed by atoms with Gasteiger partial charge in [-0.2, -0.15) is 0 Å². The van der Waals surface area contributed by atoms with Crippen molar-refractivity contribution in [1.29, 1.82) is 0 Å². The Morgan fingerprint density at radius 2 is 1.54 bits per heavy atom. The monoisotopic (exact) mass is 484 g/mol. The van der Waals surface area contributed by atoms with Gasteiger partial charge in [0.1, 0.15) is 11.5 Å². The Hall–Kier alpha value is -3.97. The third kappa shape index (κ3) is 3.78. The van der Waals surface area contributed by atoms with E-state index in [1.54, 1.807) is 24.3 Å². The lowest BCUT2D eigenvalue weighted by Gasteiger charge is -2.23. The van der Waals surface area contributed by atoms with Crippen LogP contribution in [0, 0.1) is 27.7 Å². The highest BCUT2D eigenvalue weighted by Crippen LogP contribution is 2.44. The minimum atomic E-state index is -0.889. The van der Waals surface area contributed by atoms with Crippen LogP contribution in [0.1, 0.15) is 39.4 Å². The summed E-state index contributed by atoms with van der Waals surface area (Å²) in [6.45, 7) is 7.90. The van der Waals surface area contributed by atoms with E-state index in [0.29, 0.717) is 16.3 Å². The van der Waals surface area contributed by atoms with Crippen LogP contribution in [-0.2, 0) is 9.59 Å². The molecule has 0 saturated carbocycles. The largest absolute Gasteiger partial charge is 0.508 e. The fourth-order valence-electron chi connectivity index (χ4n) is 4.32. The number of aliphatic hydroxyl groups excluding tert-OH is 1. The van der Waals surface area contributed by atoms with E-state index in [2.05, 4.69) is 4.98 Å². The summed E-state index contributed by atoms with van der Waals surface area (Å²) in [7, 11) is 0. The number of Topliss-reactive ketones (excluding diaryl/α,β-unsaturated/α-hetero) is 1. The molecule has 1 aliphatic heterocycles. The van der Waals surface area contributed by atoms with E-state index in [4.69, 9.17) is 0 Å². The summed E-state index contributed by atoms with van der Waals surface area (Å²) in [6.07, 6.45) is 0. The van der Waals surface area contributed by atoms with E-state index >= 15 is 0 Å². The number of aromatic hydroxyl groups is 1. The van der Waals surface area contributed by atoms with E-state index in [9.17, 15) is 19.8 Å². The number of nitrogens with zero attached hydrogens (tertiary/aromatic N) is 2. The van der Waals surface area contributed by atoms with Gasteiger partial charge in [0.15, 0.2) is 5.13 Å². The summed E-state index contributed by atoms with van der Waals surface area (Å²) < 4.78 is 0.906. The van der Waals surface area contributed by atoms with Crippen LogP contribution in [0.3, 0.4) is 0 Å². The highest BCUT2D eigenvalue weighted by Gasteiger charge is 2.48. The maximum atomic E-state index is 13.4. The molecule has 0 spiro atoms. The summed E-state index contributed by atoms with van der Waals surface area (Å²) >= 11 is 1.33. The van der Waals surface area contributed by atoms with Crippen molar-refractivity contribution in [3.8, 4) is 5.75 Å². The second-order valence-corrected chi connectivity index (χ2v) is 9.97. The molecule has 0 aliphatic carbocycles. The molecule has 2 heterocycles. The van der Waals surface area contributed by atoms with Crippen molar-refractivity contribution in [2.45, 2.75) is 33.7 Å². The van der Waals surface area contributed by atoms with Gasteiger partial charge in [0.25, 0.3) is 5.78 Å². The summed E-state index contributed by atoms with van der Waals surface area (Å²) in [4.78, 5) is 32.8. The molecule has 1 atom stereocenters. The zero-order valence-corrected chi connectivity index (χ0v) is 20.6. The number of ketones is 1. The molecule has 1 aromatic heterocycles. The van der Waals surface area contributed by atoms with Gasteiger partial charge in [0.2, 0.25) is 0 Å². The topological polar surface area (TPSA) is 90.7 Å². The SMILES string of the molecule is Cc1ccc(/C(O)=C2\C(=O)C(=O)N(c3nc4cc(C)c(C)cc4s3)C2c2ccc(O)cc2)cc1C. The average molecular weight is 485 g/mol. The number of phenolic OH excluding ortho intramolecular Hbond substituents is 1. The molecule has 1 saturated heterocycles. The van der Waals surface area contributed by atoms with Gasteiger partial charge >= 0.3 is 5.91 Å². The van der Waals surface area contributed by atoms with Gasteiger partial charge in [-0.25, -0.2) is 4.98 Å². The number of aliphatic hydroxyl groups is 1. The van der Waals surface area contributed by atoms with Gasteiger partial charge in [0, 0.05) is 5.56 Å². The molecule has 1 unspecified atom stereocenters. The fraction of sp³-hybridized carbons (Fsp3) is 0.179.